The molecular weight excluding hydrogens is 183 g/mol. The van der Waals surface area contributed by atoms with E-state index in [0.29, 0.717) is 12.2 Å². The Hall–Kier alpha value is 0.400. The Bertz CT molecular complexity index is 112. The summed E-state index contributed by atoms with van der Waals surface area (Å²) >= 11 is 4.98. The van der Waals surface area contributed by atoms with Crippen molar-refractivity contribution >= 4 is 37.5 Å². The van der Waals surface area contributed by atoms with E-state index < -0.39 is 15.3 Å². The van der Waals surface area contributed by atoms with Crippen LogP contribution in [-0.4, -0.2) is 15.2 Å². The summed E-state index contributed by atoms with van der Waals surface area (Å²) < 4.78 is 10.1. The third kappa shape index (κ3) is 8.40. The molecule has 0 fully saturated rings. The summed E-state index contributed by atoms with van der Waals surface area (Å²) in [7, 11) is 3.76. The van der Waals surface area contributed by atoms with Gasteiger partial charge in [-0.05, 0) is 28.7 Å². The minimum Gasteiger partial charge on any atom is -0.281 e. The van der Waals surface area contributed by atoms with Crippen LogP contribution in [0.4, 0.5) is 0 Å². The van der Waals surface area contributed by atoms with E-state index in [9.17, 15) is 9.00 Å². The van der Waals surface area contributed by atoms with Crippen molar-refractivity contribution in [3.05, 3.63) is 0 Å². The van der Waals surface area contributed by atoms with E-state index >= 15 is 0 Å². The monoisotopic (exact) mass is 188 g/mol. The van der Waals surface area contributed by atoms with Crippen LogP contribution in [0.15, 0.2) is 0 Å². The first-order valence-electron chi connectivity index (χ1n) is 2.36. The van der Waals surface area contributed by atoms with Gasteiger partial charge in [0.05, 0.1) is 0 Å². The average Bonchev–Trinajstić information content (AvgIpc) is 1.63. The van der Waals surface area contributed by atoms with Gasteiger partial charge in [0.2, 0.25) is 5.24 Å². The Labute approximate surface area is 65.5 Å². The fourth-order valence-electron chi connectivity index (χ4n) is 0.325. The SMILES string of the molecule is O=C(Cl)CCCS(=O)Cl. The molecule has 0 saturated carbocycles. The van der Waals surface area contributed by atoms with Crippen LogP contribution in [0, 0.1) is 0 Å². The maximum atomic E-state index is 10.1. The van der Waals surface area contributed by atoms with Crippen LogP contribution in [0.2, 0.25) is 0 Å². The maximum absolute atomic E-state index is 10.1. The molecule has 1 unspecified atom stereocenters. The summed E-state index contributed by atoms with van der Waals surface area (Å²) in [5, 5.41) is -0.405. The number of carbonyl (C=O) groups is 1. The van der Waals surface area contributed by atoms with Crippen molar-refractivity contribution < 1.29 is 9.00 Å². The van der Waals surface area contributed by atoms with Crippen molar-refractivity contribution in [2.24, 2.45) is 0 Å². The molecule has 0 rings (SSSR count). The van der Waals surface area contributed by atoms with Crippen molar-refractivity contribution in [2.45, 2.75) is 12.8 Å². The normalized spacial score (nSPS) is 13.1. The van der Waals surface area contributed by atoms with E-state index in [4.69, 9.17) is 22.3 Å². The second kappa shape index (κ2) is 5.21. The van der Waals surface area contributed by atoms with Gasteiger partial charge in [0.25, 0.3) is 0 Å². The molecule has 0 bridgehead atoms. The molecule has 0 aliphatic rings. The van der Waals surface area contributed by atoms with Crippen LogP contribution >= 0.6 is 22.3 Å². The Morgan fingerprint density at radius 3 is 2.44 bits per heavy atom. The highest BCUT2D eigenvalue weighted by Gasteiger charge is 1.97. The van der Waals surface area contributed by atoms with Crippen molar-refractivity contribution in [2.75, 3.05) is 5.75 Å². The van der Waals surface area contributed by atoms with E-state index in [0.717, 1.165) is 0 Å². The zero-order valence-electron chi connectivity index (χ0n) is 4.60. The number of rotatable bonds is 4. The van der Waals surface area contributed by atoms with Gasteiger partial charge in [-0.3, -0.25) is 4.79 Å². The molecule has 0 heterocycles. The standard InChI is InChI=1S/C4H6Cl2O2S/c5-4(7)2-1-3-9(6)8/h1-3H2. The Balaban J connectivity index is 3.10. The summed E-state index contributed by atoms with van der Waals surface area (Å²) in [4.78, 5) is 10.0. The molecule has 0 aliphatic heterocycles. The van der Waals surface area contributed by atoms with Crippen LogP contribution in [0.5, 0.6) is 0 Å². The Kier molecular flexibility index (Phi) is 5.44. The first-order valence-corrected chi connectivity index (χ1v) is 4.88. The van der Waals surface area contributed by atoms with E-state index in [2.05, 4.69) is 0 Å². The van der Waals surface area contributed by atoms with Gasteiger partial charge in [-0.25, -0.2) is 4.21 Å². The summed E-state index contributed by atoms with van der Waals surface area (Å²) in [6.45, 7) is 0. The molecule has 5 heteroatoms. The summed E-state index contributed by atoms with van der Waals surface area (Å²) in [6, 6.07) is 0. The number of hydrogen-bond acceptors (Lipinski definition) is 2. The molecule has 0 spiro atoms. The lowest BCUT2D eigenvalue weighted by molar-refractivity contribution is -0.111. The average molecular weight is 189 g/mol. The highest BCUT2D eigenvalue weighted by atomic mass is 35.7. The molecule has 0 aliphatic carbocycles. The quantitative estimate of drug-likeness (QED) is 0.627. The minimum absolute atomic E-state index is 0.250. The zero-order valence-corrected chi connectivity index (χ0v) is 6.93. The second-order valence-electron chi connectivity index (χ2n) is 1.45. The molecule has 0 saturated heterocycles. The minimum atomic E-state index is -1.32. The maximum Gasteiger partial charge on any atom is 0.221 e. The topological polar surface area (TPSA) is 34.1 Å². The number of hydrogen-bond donors (Lipinski definition) is 0. The van der Waals surface area contributed by atoms with Crippen LogP contribution in [0.25, 0.3) is 0 Å². The highest BCUT2D eigenvalue weighted by molar-refractivity contribution is 8.08. The van der Waals surface area contributed by atoms with Gasteiger partial charge in [0.15, 0.2) is 0 Å². The van der Waals surface area contributed by atoms with Crippen LogP contribution in [-0.2, 0) is 14.8 Å². The van der Waals surface area contributed by atoms with Gasteiger partial charge >= 0.3 is 0 Å². The smallest absolute Gasteiger partial charge is 0.221 e. The van der Waals surface area contributed by atoms with Crippen molar-refractivity contribution in [3.8, 4) is 0 Å². The Morgan fingerprint density at radius 2 is 2.11 bits per heavy atom. The third-order valence-electron chi connectivity index (χ3n) is 0.678. The lowest BCUT2D eigenvalue weighted by Crippen LogP contribution is -1.92. The third-order valence-corrected chi connectivity index (χ3v) is 1.94. The molecule has 0 aromatic rings. The number of carbonyl (C=O) groups excluding carboxylic acids is 1. The van der Waals surface area contributed by atoms with Crippen LogP contribution < -0.4 is 0 Å². The van der Waals surface area contributed by atoms with Gasteiger partial charge in [-0.15, -0.1) is 0 Å². The van der Waals surface area contributed by atoms with Crippen molar-refractivity contribution in [1.29, 1.82) is 0 Å². The zero-order chi connectivity index (χ0) is 7.28. The lowest BCUT2D eigenvalue weighted by Gasteiger charge is -1.88. The van der Waals surface area contributed by atoms with Gasteiger partial charge < -0.3 is 0 Å². The summed E-state index contributed by atoms with van der Waals surface area (Å²) in [6.07, 6.45) is 0.748. The molecule has 9 heavy (non-hydrogen) atoms. The van der Waals surface area contributed by atoms with E-state index in [1.54, 1.807) is 0 Å². The summed E-state index contributed by atoms with van der Waals surface area (Å²) in [5.41, 5.74) is 0. The second-order valence-corrected chi connectivity index (χ2v) is 3.90. The predicted molar refractivity (Wildman–Crippen MR) is 39.0 cm³/mol. The molecule has 0 radical (unpaired) electrons. The molecule has 1 atom stereocenters. The fraction of sp³-hybridized carbons (Fsp3) is 0.750. The van der Waals surface area contributed by atoms with Gasteiger partial charge in [0, 0.05) is 12.2 Å². The molecular formula is C4H6Cl2O2S. The summed E-state index contributed by atoms with van der Waals surface area (Å²) in [5.74, 6) is 0.333. The largest absolute Gasteiger partial charge is 0.281 e. The van der Waals surface area contributed by atoms with Crippen molar-refractivity contribution in [1.82, 2.24) is 0 Å². The number of halogens is 2. The van der Waals surface area contributed by atoms with Crippen molar-refractivity contribution in [3.63, 3.8) is 0 Å². The molecule has 0 aromatic heterocycles. The molecule has 54 valence electrons. The van der Waals surface area contributed by atoms with Crippen LogP contribution in [0.3, 0.4) is 0 Å². The van der Waals surface area contributed by atoms with E-state index in [-0.39, 0.29) is 6.42 Å². The fourth-order valence-corrected chi connectivity index (χ4v) is 1.16. The molecule has 0 N–H and O–H groups in total. The lowest BCUT2D eigenvalue weighted by atomic mass is 10.4. The first kappa shape index (κ1) is 9.40. The van der Waals surface area contributed by atoms with Gasteiger partial charge in [0.1, 0.15) is 10.0 Å². The van der Waals surface area contributed by atoms with Gasteiger partial charge in [-0.2, -0.15) is 0 Å². The van der Waals surface area contributed by atoms with Crippen LogP contribution in [0.1, 0.15) is 12.8 Å². The molecule has 0 amide bonds. The molecule has 0 aromatic carbocycles. The molecule has 2 nitrogen and oxygen atoms in total. The Morgan fingerprint density at radius 1 is 1.56 bits per heavy atom. The van der Waals surface area contributed by atoms with E-state index in [1.807, 2.05) is 0 Å². The predicted octanol–water partition coefficient (Wildman–Crippen LogP) is 1.43. The van der Waals surface area contributed by atoms with Gasteiger partial charge in [-0.1, -0.05) is 0 Å². The first-order chi connectivity index (χ1) is 4.13. The highest BCUT2D eigenvalue weighted by Crippen LogP contribution is 1.98. The van der Waals surface area contributed by atoms with E-state index in [1.165, 1.54) is 0 Å².